The highest BCUT2D eigenvalue weighted by Crippen LogP contribution is 2.34. The summed E-state index contributed by atoms with van der Waals surface area (Å²) < 4.78 is 17.7. The lowest BCUT2D eigenvalue weighted by atomic mass is 10.1. The van der Waals surface area contributed by atoms with E-state index in [1.54, 1.807) is 49.4 Å². The van der Waals surface area contributed by atoms with E-state index in [-0.39, 0.29) is 42.3 Å². The van der Waals surface area contributed by atoms with Crippen molar-refractivity contribution in [2.45, 2.75) is 38.3 Å². The average Bonchev–Trinajstić information content (AvgIpc) is 2.90. The Morgan fingerprint density at radius 3 is 2.58 bits per heavy atom. The summed E-state index contributed by atoms with van der Waals surface area (Å²) in [5, 5.41) is 19.7. The van der Waals surface area contributed by atoms with Crippen molar-refractivity contribution in [3.05, 3.63) is 69.5 Å². The zero-order valence-corrected chi connectivity index (χ0v) is 21.8. The maximum atomic E-state index is 13.8. The van der Waals surface area contributed by atoms with E-state index >= 15 is 0 Å². The quantitative estimate of drug-likeness (QED) is 0.414. The number of amides is 1. The molecule has 3 atom stereocenters. The van der Waals surface area contributed by atoms with Gasteiger partial charge in [-0.2, -0.15) is 0 Å². The summed E-state index contributed by atoms with van der Waals surface area (Å²) in [5.41, 5.74) is 0.126. The van der Waals surface area contributed by atoms with Crippen molar-refractivity contribution >= 4 is 40.1 Å². The Hall–Kier alpha value is -3.44. The van der Waals surface area contributed by atoms with E-state index in [4.69, 9.17) is 25.8 Å². The summed E-state index contributed by atoms with van der Waals surface area (Å²) in [6.45, 7) is 1.10. The predicted octanol–water partition coefficient (Wildman–Crippen LogP) is 2.64. The minimum absolute atomic E-state index is 0.0369. The molecule has 1 aliphatic heterocycles. The van der Waals surface area contributed by atoms with Gasteiger partial charge in [0.2, 0.25) is 0 Å². The fourth-order valence-corrected chi connectivity index (χ4v) is 4.80. The van der Waals surface area contributed by atoms with Gasteiger partial charge in [0.1, 0.15) is 17.4 Å². The van der Waals surface area contributed by atoms with Gasteiger partial charge in [0.15, 0.2) is 12.9 Å². The molecule has 1 amide bonds. The molecule has 0 bridgehead atoms. The van der Waals surface area contributed by atoms with E-state index in [0.29, 0.717) is 16.6 Å². The van der Waals surface area contributed by atoms with Crippen molar-refractivity contribution in [1.82, 2.24) is 4.57 Å². The second kappa shape index (κ2) is 12.0. The average molecular weight is 545 g/mol. The second-order valence-corrected chi connectivity index (χ2v) is 9.26. The van der Waals surface area contributed by atoms with Crippen LogP contribution in [0.15, 0.2) is 53.3 Å². The zero-order valence-electron chi connectivity index (χ0n) is 21.0. The number of para-hydroxylation sites is 1. The van der Waals surface area contributed by atoms with E-state index in [1.807, 2.05) is 6.07 Å². The Morgan fingerprint density at radius 2 is 1.89 bits per heavy atom. The first-order valence-corrected chi connectivity index (χ1v) is 12.6. The SMILES string of the molecule is CCN(C(=O)c1c(OCC(=O)OC2CC(O)OC(CO)C2)c2c(Cl)cccc2n(C)c1=O)c1ccccc1. The Bertz CT molecular complexity index is 1380. The third-order valence-electron chi connectivity index (χ3n) is 6.34. The summed E-state index contributed by atoms with van der Waals surface area (Å²) in [4.78, 5) is 41.4. The van der Waals surface area contributed by atoms with Crippen LogP contribution in [-0.4, -0.2) is 64.9 Å². The molecule has 3 unspecified atom stereocenters. The van der Waals surface area contributed by atoms with Crippen LogP contribution in [0.3, 0.4) is 0 Å². The van der Waals surface area contributed by atoms with E-state index in [0.717, 1.165) is 0 Å². The summed E-state index contributed by atoms with van der Waals surface area (Å²) in [7, 11) is 1.53. The van der Waals surface area contributed by atoms with Gasteiger partial charge in [-0.1, -0.05) is 35.9 Å². The van der Waals surface area contributed by atoms with Gasteiger partial charge in [0.25, 0.3) is 11.5 Å². The number of aliphatic hydroxyl groups is 2. The van der Waals surface area contributed by atoms with E-state index in [1.165, 1.54) is 16.5 Å². The number of ether oxygens (including phenoxy) is 3. The van der Waals surface area contributed by atoms with Gasteiger partial charge in [0.05, 0.1) is 28.6 Å². The third kappa shape index (κ3) is 5.68. The molecule has 202 valence electrons. The number of nitrogens with zero attached hydrogens (tertiary/aromatic N) is 2. The van der Waals surface area contributed by atoms with Gasteiger partial charge in [-0.25, -0.2) is 4.79 Å². The molecule has 0 radical (unpaired) electrons. The number of anilines is 1. The smallest absolute Gasteiger partial charge is 0.344 e. The van der Waals surface area contributed by atoms with Gasteiger partial charge in [-0.15, -0.1) is 0 Å². The molecule has 11 heteroatoms. The number of aliphatic hydroxyl groups excluding tert-OH is 2. The molecule has 1 aromatic heterocycles. The minimum Gasteiger partial charge on any atom is -0.480 e. The second-order valence-electron chi connectivity index (χ2n) is 8.85. The Labute approximate surface area is 223 Å². The lowest BCUT2D eigenvalue weighted by Gasteiger charge is -2.31. The topological polar surface area (TPSA) is 128 Å². The molecule has 0 spiro atoms. The molecule has 2 aromatic carbocycles. The van der Waals surface area contributed by atoms with Crippen molar-refractivity contribution < 1.29 is 34.0 Å². The normalized spacial score (nSPS) is 19.2. The lowest BCUT2D eigenvalue weighted by molar-refractivity contribution is -0.207. The molecule has 3 aromatic rings. The van der Waals surface area contributed by atoms with Gasteiger partial charge in [-0.05, 0) is 31.2 Å². The molecule has 2 N–H and O–H groups in total. The molecule has 38 heavy (non-hydrogen) atoms. The maximum absolute atomic E-state index is 13.8. The number of aromatic nitrogens is 1. The highest BCUT2D eigenvalue weighted by molar-refractivity contribution is 6.36. The number of hydrogen-bond acceptors (Lipinski definition) is 8. The highest BCUT2D eigenvalue weighted by Gasteiger charge is 2.32. The van der Waals surface area contributed by atoms with Crippen LogP contribution in [-0.2, 0) is 21.3 Å². The summed E-state index contributed by atoms with van der Waals surface area (Å²) >= 11 is 6.51. The Morgan fingerprint density at radius 1 is 1.16 bits per heavy atom. The van der Waals surface area contributed by atoms with Crippen LogP contribution in [0.5, 0.6) is 5.75 Å². The first-order chi connectivity index (χ1) is 18.2. The number of hydrogen-bond donors (Lipinski definition) is 2. The number of carbonyl (C=O) groups excluding carboxylic acids is 2. The molecular weight excluding hydrogens is 516 g/mol. The fourth-order valence-electron chi connectivity index (χ4n) is 4.55. The number of rotatable bonds is 8. The van der Waals surface area contributed by atoms with Gasteiger partial charge < -0.3 is 33.9 Å². The highest BCUT2D eigenvalue weighted by atomic mass is 35.5. The number of benzene rings is 2. The van der Waals surface area contributed by atoms with Crippen LogP contribution in [0.25, 0.3) is 10.9 Å². The molecule has 1 saturated heterocycles. The molecule has 2 heterocycles. The zero-order chi connectivity index (χ0) is 27.4. The van der Waals surface area contributed by atoms with E-state index in [9.17, 15) is 24.6 Å². The molecule has 10 nitrogen and oxygen atoms in total. The van der Waals surface area contributed by atoms with Crippen LogP contribution < -0.4 is 15.2 Å². The van der Waals surface area contributed by atoms with Gasteiger partial charge in [0, 0.05) is 32.1 Å². The Kier molecular flexibility index (Phi) is 8.68. The van der Waals surface area contributed by atoms with Crippen LogP contribution in [0.2, 0.25) is 5.02 Å². The third-order valence-corrected chi connectivity index (χ3v) is 6.66. The van der Waals surface area contributed by atoms with Crippen LogP contribution in [0.4, 0.5) is 5.69 Å². The summed E-state index contributed by atoms with van der Waals surface area (Å²) in [6, 6.07) is 13.8. The Balaban J connectivity index is 1.70. The molecular formula is C27H29ClN2O8. The summed E-state index contributed by atoms with van der Waals surface area (Å²) in [5.74, 6) is -1.51. The van der Waals surface area contributed by atoms with Crippen molar-refractivity contribution in [2.24, 2.45) is 7.05 Å². The van der Waals surface area contributed by atoms with E-state index < -0.39 is 42.5 Å². The molecule has 1 fully saturated rings. The van der Waals surface area contributed by atoms with Crippen molar-refractivity contribution in [2.75, 3.05) is 24.7 Å². The number of pyridine rings is 1. The van der Waals surface area contributed by atoms with Crippen molar-refractivity contribution in [3.63, 3.8) is 0 Å². The predicted molar refractivity (Wildman–Crippen MR) is 141 cm³/mol. The lowest BCUT2D eigenvalue weighted by Crippen LogP contribution is -2.40. The largest absolute Gasteiger partial charge is 0.480 e. The standard InChI is InChI=1S/C27H29ClN2O8/c1-3-30(16-8-5-4-6-9-16)27(35)24-25(23-19(28)10-7-11-20(23)29(2)26(24)34)36-15-22(33)37-17-12-18(14-31)38-21(32)13-17/h4-11,17-18,21,31-32H,3,12-15H2,1-2H3. The first kappa shape index (κ1) is 27.6. The fraction of sp³-hybridized carbons (Fsp3) is 0.370. The van der Waals surface area contributed by atoms with E-state index in [2.05, 4.69) is 0 Å². The molecule has 0 saturated carbocycles. The van der Waals surface area contributed by atoms with Gasteiger partial charge >= 0.3 is 5.97 Å². The molecule has 4 rings (SSSR count). The maximum Gasteiger partial charge on any atom is 0.344 e. The molecule has 0 aliphatic carbocycles. The number of fused-ring (bicyclic) bond motifs is 1. The van der Waals surface area contributed by atoms with Gasteiger partial charge in [-0.3, -0.25) is 9.59 Å². The first-order valence-electron chi connectivity index (χ1n) is 12.2. The van der Waals surface area contributed by atoms with Crippen molar-refractivity contribution in [1.29, 1.82) is 0 Å². The van der Waals surface area contributed by atoms with Crippen LogP contribution in [0, 0.1) is 0 Å². The van der Waals surface area contributed by atoms with Crippen molar-refractivity contribution in [3.8, 4) is 5.75 Å². The summed E-state index contributed by atoms with van der Waals surface area (Å²) in [6.07, 6.45) is -2.31. The number of aryl methyl sites for hydroxylation is 1. The van der Waals surface area contributed by atoms with Crippen LogP contribution >= 0.6 is 11.6 Å². The molecule has 1 aliphatic rings. The monoisotopic (exact) mass is 544 g/mol. The number of halogens is 1. The number of carbonyl (C=O) groups is 2. The number of esters is 1. The minimum atomic E-state index is -1.18. The van der Waals surface area contributed by atoms with Crippen LogP contribution in [0.1, 0.15) is 30.1 Å².